The van der Waals surface area contributed by atoms with Crippen molar-refractivity contribution in [3.8, 4) is 16.9 Å². The van der Waals surface area contributed by atoms with Gasteiger partial charge in [0.25, 0.3) is 0 Å². The second-order valence-electron chi connectivity index (χ2n) is 7.64. The first-order valence-corrected chi connectivity index (χ1v) is 10.8. The summed E-state index contributed by atoms with van der Waals surface area (Å²) in [7, 11) is 0. The fourth-order valence-electron chi connectivity index (χ4n) is 3.52. The molecule has 1 aliphatic rings. The molecule has 2 aromatic carbocycles. The number of hydrogen-bond acceptors (Lipinski definition) is 3. The SMILES string of the molecule is C=CCOc1ccc(-c2ccc(C(=C)/C(F)=C\C(=C/C)C3COC(C=C)OC3)cc2)c(F)c1F. The molecule has 34 heavy (non-hydrogen) atoms. The molecule has 0 radical (unpaired) electrons. The lowest BCUT2D eigenvalue weighted by molar-refractivity contribution is -0.167. The number of rotatable bonds is 9. The predicted molar refractivity (Wildman–Crippen MR) is 129 cm³/mol. The van der Waals surface area contributed by atoms with Crippen LogP contribution in [-0.2, 0) is 9.47 Å². The Balaban J connectivity index is 1.75. The van der Waals surface area contributed by atoms with Gasteiger partial charge in [0.2, 0.25) is 5.82 Å². The fourth-order valence-corrected chi connectivity index (χ4v) is 3.52. The van der Waals surface area contributed by atoms with Crippen molar-refractivity contribution in [1.29, 1.82) is 0 Å². The Kier molecular flexibility index (Phi) is 8.68. The Morgan fingerprint density at radius 2 is 1.74 bits per heavy atom. The van der Waals surface area contributed by atoms with E-state index in [1.54, 1.807) is 36.4 Å². The van der Waals surface area contributed by atoms with Gasteiger partial charge < -0.3 is 14.2 Å². The van der Waals surface area contributed by atoms with Gasteiger partial charge in [-0.2, -0.15) is 4.39 Å². The van der Waals surface area contributed by atoms with Crippen molar-refractivity contribution in [1.82, 2.24) is 0 Å². The van der Waals surface area contributed by atoms with Crippen LogP contribution in [0.15, 0.2) is 91.8 Å². The summed E-state index contributed by atoms with van der Waals surface area (Å²) in [5, 5.41) is 0. The number of hydrogen-bond donors (Lipinski definition) is 0. The highest BCUT2D eigenvalue weighted by Crippen LogP contribution is 2.32. The third-order valence-corrected chi connectivity index (χ3v) is 5.45. The van der Waals surface area contributed by atoms with Crippen LogP contribution < -0.4 is 4.74 Å². The summed E-state index contributed by atoms with van der Waals surface area (Å²) in [6.07, 6.45) is 5.78. The van der Waals surface area contributed by atoms with Crippen molar-refractivity contribution in [2.45, 2.75) is 13.2 Å². The van der Waals surface area contributed by atoms with Gasteiger partial charge in [0.15, 0.2) is 17.9 Å². The van der Waals surface area contributed by atoms with Gasteiger partial charge in [-0.1, -0.05) is 56.2 Å². The van der Waals surface area contributed by atoms with Gasteiger partial charge in [0.1, 0.15) is 12.4 Å². The molecular weight excluding hydrogens is 441 g/mol. The van der Waals surface area contributed by atoms with E-state index in [0.717, 1.165) is 5.57 Å². The topological polar surface area (TPSA) is 27.7 Å². The molecular formula is C28H27F3O3. The zero-order chi connectivity index (χ0) is 24.7. The zero-order valence-electron chi connectivity index (χ0n) is 19.0. The lowest BCUT2D eigenvalue weighted by Crippen LogP contribution is -2.31. The quantitative estimate of drug-likeness (QED) is 0.288. The Labute approximate surface area is 198 Å². The van der Waals surface area contributed by atoms with E-state index >= 15 is 0 Å². The van der Waals surface area contributed by atoms with Gasteiger partial charge in [0, 0.05) is 17.1 Å². The van der Waals surface area contributed by atoms with Gasteiger partial charge in [0.05, 0.1) is 13.2 Å². The van der Waals surface area contributed by atoms with E-state index in [4.69, 9.17) is 14.2 Å². The highest BCUT2D eigenvalue weighted by Gasteiger charge is 2.23. The summed E-state index contributed by atoms with van der Waals surface area (Å²) in [4.78, 5) is 0. The zero-order valence-corrected chi connectivity index (χ0v) is 19.0. The molecule has 0 aromatic heterocycles. The van der Waals surface area contributed by atoms with Crippen molar-refractivity contribution < 1.29 is 27.4 Å². The van der Waals surface area contributed by atoms with Gasteiger partial charge in [-0.15, -0.1) is 0 Å². The van der Waals surface area contributed by atoms with E-state index in [-0.39, 0.29) is 29.4 Å². The van der Waals surface area contributed by atoms with Crippen molar-refractivity contribution in [2.24, 2.45) is 5.92 Å². The minimum absolute atomic E-state index is 0.0661. The molecule has 1 aliphatic heterocycles. The molecule has 0 unspecified atom stereocenters. The molecule has 0 amide bonds. The van der Waals surface area contributed by atoms with Crippen LogP contribution in [0, 0.1) is 17.6 Å². The maximum absolute atomic E-state index is 15.0. The molecule has 0 N–H and O–H groups in total. The Morgan fingerprint density at radius 1 is 1.06 bits per heavy atom. The molecule has 1 heterocycles. The number of ether oxygens (including phenoxy) is 3. The summed E-state index contributed by atoms with van der Waals surface area (Å²) >= 11 is 0. The average Bonchev–Trinajstić information content (AvgIpc) is 2.87. The van der Waals surface area contributed by atoms with Crippen LogP contribution in [0.1, 0.15) is 12.5 Å². The molecule has 0 aliphatic carbocycles. The molecule has 1 fully saturated rings. The van der Waals surface area contributed by atoms with Crippen LogP contribution >= 0.6 is 0 Å². The highest BCUT2D eigenvalue weighted by atomic mass is 19.2. The lowest BCUT2D eigenvalue weighted by atomic mass is 9.96. The van der Waals surface area contributed by atoms with E-state index in [0.29, 0.717) is 24.3 Å². The molecule has 1 saturated heterocycles. The first-order valence-electron chi connectivity index (χ1n) is 10.8. The smallest absolute Gasteiger partial charge is 0.201 e. The monoisotopic (exact) mass is 468 g/mol. The summed E-state index contributed by atoms with van der Waals surface area (Å²) in [5.74, 6) is -2.90. The molecule has 0 spiro atoms. The van der Waals surface area contributed by atoms with E-state index in [2.05, 4.69) is 19.7 Å². The van der Waals surface area contributed by atoms with Crippen molar-refractivity contribution in [2.75, 3.05) is 19.8 Å². The van der Waals surface area contributed by atoms with Crippen molar-refractivity contribution in [3.63, 3.8) is 0 Å². The first kappa shape index (κ1) is 25.3. The van der Waals surface area contributed by atoms with E-state index in [9.17, 15) is 13.2 Å². The summed E-state index contributed by atoms with van der Waals surface area (Å²) in [5.41, 5.74) is 1.93. The summed E-state index contributed by atoms with van der Waals surface area (Å²) < 4.78 is 60.0. The largest absolute Gasteiger partial charge is 0.486 e. The number of allylic oxidation sites excluding steroid dienone is 4. The van der Waals surface area contributed by atoms with E-state index in [1.807, 2.05) is 6.92 Å². The van der Waals surface area contributed by atoms with E-state index < -0.39 is 23.8 Å². The number of halogens is 3. The molecule has 178 valence electrons. The highest BCUT2D eigenvalue weighted by molar-refractivity contribution is 5.77. The maximum Gasteiger partial charge on any atom is 0.201 e. The van der Waals surface area contributed by atoms with Crippen LogP contribution in [0.2, 0.25) is 0 Å². The second kappa shape index (κ2) is 11.7. The van der Waals surface area contributed by atoms with E-state index in [1.165, 1.54) is 24.3 Å². The molecule has 6 heteroatoms. The van der Waals surface area contributed by atoms with Crippen LogP contribution in [0.5, 0.6) is 5.75 Å². The molecule has 0 atom stereocenters. The number of benzene rings is 2. The van der Waals surface area contributed by atoms with Gasteiger partial charge >= 0.3 is 0 Å². The Morgan fingerprint density at radius 3 is 2.32 bits per heavy atom. The molecule has 0 saturated carbocycles. The molecule has 3 rings (SSSR count). The summed E-state index contributed by atoms with van der Waals surface area (Å²) in [6, 6.07) is 9.20. The van der Waals surface area contributed by atoms with Crippen LogP contribution in [-0.4, -0.2) is 26.1 Å². The van der Waals surface area contributed by atoms with Crippen LogP contribution in [0.3, 0.4) is 0 Å². The fraction of sp³-hybridized carbons (Fsp3) is 0.214. The first-order chi connectivity index (χ1) is 16.4. The van der Waals surface area contributed by atoms with Gasteiger partial charge in [-0.05, 0) is 47.9 Å². The normalized spacial score (nSPS) is 18.9. The molecule has 3 nitrogen and oxygen atoms in total. The van der Waals surface area contributed by atoms with Crippen LogP contribution in [0.4, 0.5) is 13.2 Å². The van der Waals surface area contributed by atoms with Crippen molar-refractivity contribution in [3.05, 3.63) is 109 Å². The Hall–Kier alpha value is -3.35. The summed E-state index contributed by atoms with van der Waals surface area (Å²) in [6.45, 7) is 13.6. The van der Waals surface area contributed by atoms with Crippen LogP contribution in [0.25, 0.3) is 16.7 Å². The average molecular weight is 469 g/mol. The lowest BCUT2D eigenvalue weighted by Gasteiger charge is -2.28. The van der Waals surface area contributed by atoms with Gasteiger partial charge in [-0.3, -0.25) is 0 Å². The minimum Gasteiger partial charge on any atom is -0.486 e. The third-order valence-electron chi connectivity index (χ3n) is 5.45. The van der Waals surface area contributed by atoms with Crippen molar-refractivity contribution >= 4 is 5.57 Å². The minimum atomic E-state index is -1.07. The Bertz CT molecular complexity index is 1110. The predicted octanol–water partition coefficient (Wildman–Crippen LogP) is 7.18. The third kappa shape index (κ3) is 5.76. The van der Waals surface area contributed by atoms with Gasteiger partial charge in [-0.25, -0.2) is 8.78 Å². The standard InChI is InChI=1S/C28H27F3O3/c1-5-14-32-25-13-12-23(27(30)28(25)31)21-10-8-20(9-11-21)18(4)24(29)15-19(6-2)22-16-33-26(7-3)34-17-22/h5-13,15,22,26H,1,3-4,14,16-17H2,2H3/b19-6+,24-15+. The molecule has 2 aromatic rings. The molecule has 0 bridgehead atoms. The maximum atomic E-state index is 15.0. The second-order valence-corrected chi connectivity index (χ2v) is 7.64.